The Kier molecular flexibility index (Phi) is 7.38. The van der Waals surface area contributed by atoms with Gasteiger partial charge in [-0.25, -0.2) is 0 Å². The van der Waals surface area contributed by atoms with E-state index in [2.05, 4.69) is 21.2 Å². The highest BCUT2D eigenvalue weighted by atomic mass is 79.9. The van der Waals surface area contributed by atoms with Gasteiger partial charge in [-0.15, -0.1) is 12.4 Å². The summed E-state index contributed by atoms with van der Waals surface area (Å²) < 4.78 is 2.74. The van der Waals surface area contributed by atoms with Crippen molar-refractivity contribution in [1.29, 1.82) is 0 Å². The molecule has 2 amide bonds. The number of nitrogens with one attached hydrogen (secondary N) is 1. The smallest absolute Gasteiger partial charge is 0.270 e. The molecule has 0 unspecified atom stereocenters. The summed E-state index contributed by atoms with van der Waals surface area (Å²) >= 11 is 3.38. The zero-order valence-electron chi connectivity index (χ0n) is 12.8. The summed E-state index contributed by atoms with van der Waals surface area (Å²) in [4.78, 5) is 27.9. The van der Waals surface area contributed by atoms with Gasteiger partial charge in [-0.3, -0.25) is 9.59 Å². The van der Waals surface area contributed by atoms with Crippen LogP contribution >= 0.6 is 28.3 Å². The van der Waals surface area contributed by atoms with Crippen LogP contribution in [0.1, 0.15) is 17.4 Å². The van der Waals surface area contributed by atoms with Gasteiger partial charge in [0.25, 0.3) is 5.91 Å². The molecule has 1 aromatic heterocycles. The summed E-state index contributed by atoms with van der Waals surface area (Å²) in [5.41, 5.74) is 0.597. The Bertz CT molecular complexity index is 529. The maximum atomic E-state index is 12.5. The van der Waals surface area contributed by atoms with Crippen molar-refractivity contribution in [3.63, 3.8) is 0 Å². The molecule has 22 heavy (non-hydrogen) atoms. The number of aromatic nitrogens is 1. The second-order valence-corrected chi connectivity index (χ2v) is 6.04. The lowest BCUT2D eigenvalue weighted by molar-refractivity contribution is -0.132. The minimum atomic E-state index is -0.133. The van der Waals surface area contributed by atoms with Gasteiger partial charge in [0.15, 0.2) is 0 Å². The van der Waals surface area contributed by atoms with Gasteiger partial charge in [0.05, 0.1) is 6.54 Å². The minimum absolute atomic E-state index is 0. The quantitative estimate of drug-likeness (QED) is 0.836. The monoisotopic (exact) mass is 392 g/mol. The first-order valence-corrected chi connectivity index (χ1v) is 7.92. The molecule has 0 aliphatic carbocycles. The molecule has 1 aliphatic heterocycles. The van der Waals surface area contributed by atoms with Gasteiger partial charge >= 0.3 is 0 Å². The summed E-state index contributed by atoms with van der Waals surface area (Å²) in [6.45, 7) is 5.85. The van der Waals surface area contributed by atoms with Gasteiger partial charge < -0.3 is 19.7 Å². The van der Waals surface area contributed by atoms with E-state index in [0.717, 1.165) is 17.6 Å². The van der Waals surface area contributed by atoms with Crippen LogP contribution in [-0.4, -0.2) is 66.0 Å². The van der Waals surface area contributed by atoms with E-state index in [4.69, 9.17) is 0 Å². The molecule has 1 fully saturated rings. The predicted octanol–water partition coefficient (Wildman–Crippen LogP) is 1.20. The fourth-order valence-electron chi connectivity index (χ4n) is 2.40. The van der Waals surface area contributed by atoms with E-state index in [9.17, 15) is 9.59 Å². The highest BCUT2D eigenvalue weighted by Crippen LogP contribution is 2.16. The standard InChI is InChI=1S/C14H21BrN4O2.ClH/c1-3-18-9-11(15)8-12(18)14(21)17(2)10-13(20)19-6-4-16-5-7-19;/h8-9,16H,3-7,10H2,1-2H3;1H. The van der Waals surface area contributed by atoms with Crippen LogP contribution in [0.4, 0.5) is 0 Å². The number of carbonyl (C=O) groups excluding carboxylic acids is 2. The molecule has 0 aromatic carbocycles. The van der Waals surface area contributed by atoms with Crippen molar-refractivity contribution in [2.45, 2.75) is 13.5 Å². The van der Waals surface area contributed by atoms with Crippen LogP contribution in [0, 0.1) is 0 Å². The van der Waals surface area contributed by atoms with Crippen LogP contribution in [0.15, 0.2) is 16.7 Å². The van der Waals surface area contributed by atoms with Gasteiger partial charge in [-0.2, -0.15) is 0 Å². The Morgan fingerprint density at radius 2 is 2.00 bits per heavy atom. The van der Waals surface area contributed by atoms with Crippen molar-refractivity contribution < 1.29 is 9.59 Å². The molecule has 0 saturated carbocycles. The first kappa shape index (κ1) is 19.0. The molecule has 124 valence electrons. The van der Waals surface area contributed by atoms with Gasteiger partial charge in [0, 0.05) is 50.4 Å². The fraction of sp³-hybridized carbons (Fsp3) is 0.571. The van der Waals surface area contributed by atoms with Crippen LogP contribution < -0.4 is 5.32 Å². The number of likely N-dealkylation sites (N-methyl/N-ethyl adjacent to an activating group) is 1. The normalized spacial score (nSPS) is 14.4. The number of piperazine rings is 1. The molecule has 0 atom stereocenters. The number of amides is 2. The molecule has 1 aromatic rings. The topological polar surface area (TPSA) is 57.6 Å². The average molecular weight is 394 g/mol. The summed E-state index contributed by atoms with van der Waals surface area (Å²) in [7, 11) is 1.67. The van der Waals surface area contributed by atoms with Gasteiger partial charge in [-0.1, -0.05) is 0 Å². The van der Waals surface area contributed by atoms with E-state index < -0.39 is 0 Å². The van der Waals surface area contributed by atoms with E-state index in [0.29, 0.717) is 25.3 Å². The van der Waals surface area contributed by atoms with Crippen molar-refractivity contribution in [2.75, 3.05) is 39.8 Å². The Morgan fingerprint density at radius 3 is 2.59 bits per heavy atom. The molecule has 1 saturated heterocycles. The molecular weight excluding hydrogens is 372 g/mol. The number of halogens is 2. The van der Waals surface area contributed by atoms with Crippen molar-refractivity contribution in [2.24, 2.45) is 0 Å². The van der Waals surface area contributed by atoms with Crippen LogP contribution in [0.25, 0.3) is 0 Å². The van der Waals surface area contributed by atoms with Gasteiger partial charge in [-0.05, 0) is 28.9 Å². The summed E-state index contributed by atoms with van der Waals surface area (Å²) in [5.74, 6) is -0.132. The van der Waals surface area contributed by atoms with E-state index in [1.807, 2.05) is 17.7 Å². The van der Waals surface area contributed by atoms with Crippen LogP contribution in [0.2, 0.25) is 0 Å². The van der Waals surface area contributed by atoms with Crippen molar-refractivity contribution in [3.8, 4) is 0 Å². The Balaban J connectivity index is 0.00000242. The van der Waals surface area contributed by atoms with Gasteiger partial charge in [0.1, 0.15) is 5.69 Å². The molecule has 2 rings (SSSR count). The zero-order valence-corrected chi connectivity index (χ0v) is 15.2. The van der Waals surface area contributed by atoms with E-state index in [1.165, 1.54) is 4.90 Å². The Hall–Kier alpha value is -1.05. The molecule has 0 spiro atoms. The Morgan fingerprint density at radius 1 is 1.36 bits per heavy atom. The molecule has 0 bridgehead atoms. The maximum Gasteiger partial charge on any atom is 0.270 e. The molecule has 2 heterocycles. The lowest BCUT2D eigenvalue weighted by Gasteiger charge is -2.29. The number of hydrogen-bond acceptors (Lipinski definition) is 3. The molecular formula is C14H22BrClN4O2. The van der Waals surface area contributed by atoms with Crippen molar-refractivity contribution in [1.82, 2.24) is 19.7 Å². The third-order valence-electron chi connectivity index (χ3n) is 3.61. The number of nitrogens with zero attached hydrogens (tertiary/aromatic N) is 3. The first-order chi connectivity index (χ1) is 10.0. The van der Waals surface area contributed by atoms with E-state index in [-0.39, 0.29) is 30.8 Å². The lowest BCUT2D eigenvalue weighted by Crippen LogP contribution is -2.49. The van der Waals surface area contributed by atoms with Crippen LogP contribution in [0.3, 0.4) is 0 Å². The largest absolute Gasteiger partial charge is 0.343 e. The van der Waals surface area contributed by atoms with Crippen molar-refractivity contribution in [3.05, 3.63) is 22.4 Å². The molecule has 0 radical (unpaired) electrons. The second kappa shape index (κ2) is 8.55. The van der Waals surface area contributed by atoms with Gasteiger partial charge in [0.2, 0.25) is 5.91 Å². The highest BCUT2D eigenvalue weighted by Gasteiger charge is 2.22. The second-order valence-electron chi connectivity index (χ2n) is 5.12. The van der Waals surface area contributed by atoms with Crippen LogP contribution in [0.5, 0.6) is 0 Å². The number of carbonyl (C=O) groups is 2. The Labute approximate surface area is 145 Å². The first-order valence-electron chi connectivity index (χ1n) is 7.12. The molecule has 8 heteroatoms. The fourth-order valence-corrected chi connectivity index (χ4v) is 2.86. The highest BCUT2D eigenvalue weighted by molar-refractivity contribution is 9.10. The summed E-state index contributed by atoms with van der Waals surface area (Å²) in [5, 5.41) is 3.21. The summed E-state index contributed by atoms with van der Waals surface area (Å²) in [6, 6.07) is 1.79. The predicted molar refractivity (Wildman–Crippen MR) is 91.5 cm³/mol. The van der Waals surface area contributed by atoms with Crippen molar-refractivity contribution >= 4 is 40.2 Å². The third-order valence-corrected chi connectivity index (χ3v) is 4.05. The molecule has 1 N–H and O–H groups in total. The van der Waals surface area contributed by atoms with E-state index >= 15 is 0 Å². The molecule has 1 aliphatic rings. The SMILES string of the molecule is CCn1cc(Br)cc1C(=O)N(C)CC(=O)N1CCNCC1.Cl. The molecule has 6 nitrogen and oxygen atoms in total. The number of rotatable bonds is 4. The van der Waals surface area contributed by atoms with E-state index in [1.54, 1.807) is 18.0 Å². The zero-order chi connectivity index (χ0) is 15.4. The maximum absolute atomic E-state index is 12.5. The third kappa shape index (κ3) is 4.47. The number of hydrogen-bond donors (Lipinski definition) is 1. The average Bonchev–Trinajstić information content (AvgIpc) is 2.88. The van der Waals surface area contributed by atoms with Crippen LogP contribution in [-0.2, 0) is 11.3 Å². The summed E-state index contributed by atoms with van der Waals surface area (Å²) in [6.07, 6.45) is 1.87. The minimum Gasteiger partial charge on any atom is -0.343 e. The number of aryl methyl sites for hydroxylation is 1. The lowest BCUT2D eigenvalue weighted by atomic mass is 10.3.